The van der Waals surface area contributed by atoms with Gasteiger partial charge in [0.25, 0.3) is 0 Å². The van der Waals surface area contributed by atoms with Gasteiger partial charge in [-0.05, 0) is 5.92 Å². The van der Waals surface area contributed by atoms with Crippen LogP contribution < -0.4 is 0 Å². The maximum Gasteiger partial charge on any atom is 0.304 e. The Kier molecular flexibility index (Phi) is 6.12. The number of carbonyl (C=O) groups is 2. The molecule has 1 saturated heterocycles. The maximum absolute atomic E-state index is 12.0. The third-order valence-corrected chi connectivity index (χ3v) is 3.59. The number of nitrogens with zero attached hydrogens (tertiary/aromatic N) is 2. The van der Waals surface area contributed by atoms with Gasteiger partial charge < -0.3 is 10.0 Å². The number of rotatable bonds is 6. The molecule has 18 heavy (non-hydrogen) atoms. The van der Waals surface area contributed by atoms with Crippen molar-refractivity contribution in [2.75, 3.05) is 32.7 Å². The van der Waals surface area contributed by atoms with Gasteiger partial charge in [0, 0.05) is 39.1 Å². The summed E-state index contributed by atoms with van der Waals surface area (Å²) in [5, 5.41) is 8.62. The smallest absolute Gasteiger partial charge is 0.304 e. The zero-order valence-electron chi connectivity index (χ0n) is 11.4. The number of hydrogen-bond donors (Lipinski definition) is 1. The minimum Gasteiger partial charge on any atom is -0.481 e. The van der Waals surface area contributed by atoms with Gasteiger partial charge in [-0.15, -0.1) is 0 Å². The van der Waals surface area contributed by atoms with Gasteiger partial charge in [0.15, 0.2) is 0 Å². The highest BCUT2D eigenvalue weighted by atomic mass is 16.4. The van der Waals surface area contributed by atoms with E-state index in [-0.39, 0.29) is 12.3 Å². The molecule has 0 aromatic heterocycles. The van der Waals surface area contributed by atoms with Crippen LogP contribution >= 0.6 is 0 Å². The van der Waals surface area contributed by atoms with Gasteiger partial charge in [0.05, 0.1) is 6.42 Å². The predicted octanol–water partition coefficient (Wildman–Crippen LogP) is 1.04. The Labute approximate surface area is 109 Å². The number of carbonyl (C=O) groups excluding carboxylic acids is 1. The SMILES string of the molecule is CCC(C)CC(=O)N1CCN(CCC(=O)O)CC1. The van der Waals surface area contributed by atoms with Crippen LogP contribution in [0, 0.1) is 5.92 Å². The molecule has 0 aromatic carbocycles. The Hall–Kier alpha value is -1.10. The number of amides is 1. The second-order valence-electron chi connectivity index (χ2n) is 5.08. The Morgan fingerprint density at radius 2 is 1.83 bits per heavy atom. The molecule has 5 heteroatoms. The molecule has 1 heterocycles. The molecule has 0 radical (unpaired) electrons. The monoisotopic (exact) mass is 256 g/mol. The summed E-state index contributed by atoms with van der Waals surface area (Å²) in [5.41, 5.74) is 0. The highest BCUT2D eigenvalue weighted by Gasteiger charge is 2.21. The summed E-state index contributed by atoms with van der Waals surface area (Å²) in [6.45, 7) is 7.83. The molecule has 1 N–H and O–H groups in total. The fraction of sp³-hybridized carbons (Fsp3) is 0.846. The molecule has 1 unspecified atom stereocenters. The zero-order chi connectivity index (χ0) is 13.5. The van der Waals surface area contributed by atoms with Crippen LogP contribution in [0.25, 0.3) is 0 Å². The Morgan fingerprint density at radius 1 is 1.22 bits per heavy atom. The van der Waals surface area contributed by atoms with Gasteiger partial charge in [-0.1, -0.05) is 20.3 Å². The van der Waals surface area contributed by atoms with Gasteiger partial charge in [0.2, 0.25) is 5.91 Å². The molecule has 104 valence electrons. The number of hydrogen-bond acceptors (Lipinski definition) is 3. The Morgan fingerprint density at radius 3 is 2.33 bits per heavy atom. The number of carboxylic acid groups (broad SMARTS) is 1. The van der Waals surface area contributed by atoms with E-state index in [1.54, 1.807) is 0 Å². The summed E-state index contributed by atoms with van der Waals surface area (Å²) in [7, 11) is 0. The molecule has 1 rings (SSSR count). The van der Waals surface area contributed by atoms with Crippen LogP contribution in [0.4, 0.5) is 0 Å². The van der Waals surface area contributed by atoms with Crippen molar-refractivity contribution >= 4 is 11.9 Å². The number of carboxylic acids is 1. The lowest BCUT2D eigenvalue weighted by molar-refractivity contribution is -0.138. The Balaban J connectivity index is 2.26. The van der Waals surface area contributed by atoms with E-state index in [1.807, 2.05) is 4.90 Å². The third-order valence-electron chi connectivity index (χ3n) is 3.59. The lowest BCUT2D eigenvalue weighted by Gasteiger charge is -2.35. The summed E-state index contributed by atoms with van der Waals surface area (Å²) in [6.07, 6.45) is 1.84. The summed E-state index contributed by atoms with van der Waals surface area (Å²) in [5.74, 6) is -0.0740. The summed E-state index contributed by atoms with van der Waals surface area (Å²) in [6, 6.07) is 0. The van der Waals surface area contributed by atoms with Gasteiger partial charge in [-0.3, -0.25) is 14.5 Å². The van der Waals surface area contributed by atoms with E-state index >= 15 is 0 Å². The van der Waals surface area contributed by atoms with Crippen molar-refractivity contribution in [2.24, 2.45) is 5.92 Å². The molecule has 5 nitrogen and oxygen atoms in total. The molecule has 0 bridgehead atoms. The molecular weight excluding hydrogens is 232 g/mol. The number of aliphatic carboxylic acids is 1. The number of piperazine rings is 1. The molecular formula is C13H24N2O3. The zero-order valence-corrected chi connectivity index (χ0v) is 11.4. The Bertz CT molecular complexity index is 286. The van der Waals surface area contributed by atoms with E-state index < -0.39 is 5.97 Å². The summed E-state index contributed by atoms with van der Waals surface area (Å²) >= 11 is 0. The second kappa shape index (κ2) is 7.36. The van der Waals surface area contributed by atoms with Crippen LogP contribution in [-0.4, -0.2) is 59.5 Å². The predicted molar refractivity (Wildman–Crippen MR) is 69.3 cm³/mol. The maximum atomic E-state index is 12.0. The first-order valence-electron chi connectivity index (χ1n) is 6.74. The summed E-state index contributed by atoms with van der Waals surface area (Å²) < 4.78 is 0. The quantitative estimate of drug-likeness (QED) is 0.771. The van der Waals surface area contributed by atoms with Gasteiger partial charge >= 0.3 is 5.97 Å². The second-order valence-corrected chi connectivity index (χ2v) is 5.08. The van der Waals surface area contributed by atoms with Crippen LogP contribution in [0.3, 0.4) is 0 Å². The van der Waals surface area contributed by atoms with Crippen molar-refractivity contribution in [1.29, 1.82) is 0 Å². The summed E-state index contributed by atoms with van der Waals surface area (Å²) in [4.78, 5) is 26.4. The van der Waals surface area contributed by atoms with E-state index in [4.69, 9.17) is 5.11 Å². The average Bonchev–Trinajstić information content (AvgIpc) is 2.36. The van der Waals surface area contributed by atoms with Crippen LogP contribution in [0.15, 0.2) is 0 Å². The molecule has 0 aromatic rings. The molecule has 1 atom stereocenters. The van der Waals surface area contributed by atoms with Crippen molar-refractivity contribution < 1.29 is 14.7 Å². The van der Waals surface area contributed by atoms with E-state index in [9.17, 15) is 9.59 Å². The van der Waals surface area contributed by atoms with Crippen molar-refractivity contribution in [1.82, 2.24) is 9.80 Å². The van der Waals surface area contributed by atoms with Gasteiger partial charge in [-0.25, -0.2) is 0 Å². The van der Waals surface area contributed by atoms with Crippen molar-refractivity contribution in [3.63, 3.8) is 0 Å². The van der Waals surface area contributed by atoms with Crippen molar-refractivity contribution in [3.05, 3.63) is 0 Å². The van der Waals surface area contributed by atoms with Crippen molar-refractivity contribution in [3.8, 4) is 0 Å². The molecule has 1 fully saturated rings. The minimum atomic E-state index is -0.759. The lowest BCUT2D eigenvalue weighted by Crippen LogP contribution is -2.49. The first-order valence-corrected chi connectivity index (χ1v) is 6.74. The first-order chi connectivity index (χ1) is 8.52. The van der Waals surface area contributed by atoms with Gasteiger partial charge in [0.1, 0.15) is 0 Å². The van der Waals surface area contributed by atoms with E-state index in [2.05, 4.69) is 18.7 Å². The van der Waals surface area contributed by atoms with Crippen LogP contribution in [-0.2, 0) is 9.59 Å². The fourth-order valence-electron chi connectivity index (χ4n) is 2.05. The largest absolute Gasteiger partial charge is 0.481 e. The van der Waals surface area contributed by atoms with Crippen LogP contribution in [0.2, 0.25) is 0 Å². The standard InChI is InChI=1S/C13H24N2O3/c1-3-11(2)10-12(16)15-8-6-14(7-9-15)5-4-13(17)18/h11H,3-10H2,1-2H3,(H,17,18). The lowest BCUT2D eigenvalue weighted by atomic mass is 10.0. The third kappa shape index (κ3) is 5.04. The van der Waals surface area contributed by atoms with Crippen LogP contribution in [0.5, 0.6) is 0 Å². The van der Waals surface area contributed by atoms with Gasteiger partial charge in [-0.2, -0.15) is 0 Å². The minimum absolute atomic E-state index is 0.181. The normalized spacial score (nSPS) is 18.7. The van der Waals surface area contributed by atoms with Crippen LogP contribution in [0.1, 0.15) is 33.1 Å². The molecule has 0 spiro atoms. The molecule has 0 saturated carbocycles. The topological polar surface area (TPSA) is 60.9 Å². The first kappa shape index (κ1) is 15.0. The van der Waals surface area contributed by atoms with E-state index in [0.717, 1.165) is 32.6 Å². The average molecular weight is 256 g/mol. The fourth-order valence-corrected chi connectivity index (χ4v) is 2.05. The highest BCUT2D eigenvalue weighted by molar-refractivity contribution is 5.76. The van der Waals surface area contributed by atoms with E-state index in [1.165, 1.54) is 0 Å². The molecule has 0 aliphatic carbocycles. The highest BCUT2D eigenvalue weighted by Crippen LogP contribution is 2.11. The molecule has 1 amide bonds. The van der Waals surface area contributed by atoms with Crippen molar-refractivity contribution in [2.45, 2.75) is 33.1 Å². The molecule has 1 aliphatic heterocycles. The van der Waals surface area contributed by atoms with E-state index in [0.29, 0.717) is 18.9 Å². The molecule has 1 aliphatic rings.